The molecule has 2 fully saturated rings. The minimum atomic E-state index is -0.974. The molecule has 0 spiro atoms. The van der Waals surface area contributed by atoms with Crippen molar-refractivity contribution >= 4 is 23.5 Å². The third-order valence-corrected chi connectivity index (χ3v) is 5.62. The fourth-order valence-electron chi connectivity index (χ4n) is 3.85. The number of likely N-dealkylation sites (tertiary alicyclic amines) is 1. The molecule has 7 nitrogen and oxygen atoms in total. The number of piperidine rings is 1. The van der Waals surface area contributed by atoms with Crippen LogP contribution in [0.5, 0.6) is 0 Å². The van der Waals surface area contributed by atoms with Gasteiger partial charge < -0.3 is 20.1 Å². The Morgan fingerprint density at radius 3 is 2.67 bits per heavy atom. The number of hydrogen-bond donors (Lipinski definition) is 2. The van der Waals surface area contributed by atoms with Crippen molar-refractivity contribution in [1.29, 1.82) is 0 Å². The van der Waals surface area contributed by atoms with Crippen LogP contribution in [0.25, 0.3) is 0 Å². The molecule has 1 saturated heterocycles. The number of methoxy groups -OCH3 is 1. The number of carbonyl (C=O) groups excluding carboxylic acids is 2. The molecule has 2 amide bonds. The maximum atomic E-state index is 12.8. The van der Waals surface area contributed by atoms with Crippen molar-refractivity contribution in [3.05, 3.63) is 29.8 Å². The topological polar surface area (TPSA) is 95.9 Å². The Bertz CT molecular complexity index is 723. The molecule has 1 saturated carbocycles. The zero-order valence-electron chi connectivity index (χ0n) is 15.6. The van der Waals surface area contributed by atoms with Gasteiger partial charge in [-0.2, -0.15) is 0 Å². The Morgan fingerprint density at radius 2 is 2.04 bits per heavy atom. The predicted molar refractivity (Wildman–Crippen MR) is 99.6 cm³/mol. The molecule has 1 aromatic rings. The number of anilines is 1. The molecule has 2 aliphatic rings. The van der Waals surface area contributed by atoms with Crippen LogP contribution in [0.2, 0.25) is 0 Å². The highest BCUT2D eigenvalue weighted by atomic mass is 16.5. The van der Waals surface area contributed by atoms with Gasteiger partial charge in [0.15, 0.2) is 0 Å². The summed E-state index contributed by atoms with van der Waals surface area (Å²) in [6.45, 7) is 0.433. The number of nitrogens with zero attached hydrogens (tertiary/aromatic N) is 1. The van der Waals surface area contributed by atoms with Crippen molar-refractivity contribution in [1.82, 2.24) is 4.90 Å². The van der Waals surface area contributed by atoms with E-state index in [9.17, 15) is 19.5 Å². The molecule has 27 heavy (non-hydrogen) atoms. The number of ether oxygens (including phenoxy) is 1. The predicted octanol–water partition coefficient (Wildman–Crippen LogP) is 2.66. The summed E-state index contributed by atoms with van der Waals surface area (Å²) >= 11 is 0. The van der Waals surface area contributed by atoms with Gasteiger partial charge in [0, 0.05) is 24.9 Å². The monoisotopic (exact) mass is 374 g/mol. The second-order valence-corrected chi connectivity index (χ2v) is 7.39. The number of hydrogen-bond acceptors (Lipinski definition) is 4. The zero-order valence-corrected chi connectivity index (χ0v) is 15.6. The van der Waals surface area contributed by atoms with E-state index >= 15 is 0 Å². The fraction of sp³-hybridized carbons (Fsp3) is 0.550. The smallest absolute Gasteiger partial charge is 0.326 e. The lowest BCUT2D eigenvalue weighted by molar-refractivity contribution is -0.143. The third-order valence-electron chi connectivity index (χ3n) is 5.62. The van der Waals surface area contributed by atoms with Gasteiger partial charge in [0.2, 0.25) is 5.91 Å². The van der Waals surface area contributed by atoms with E-state index in [0.29, 0.717) is 24.2 Å². The molecule has 3 rings (SSSR count). The number of carboxylic acid groups (broad SMARTS) is 1. The Labute approximate surface area is 158 Å². The Balaban J connectivity index is 1.68. The summed E-state index contributed by atoms with van der Waals surface area (Å²) < 4.78 is 5.48. The Morgan fingerprint density at radius 1 is 1.26 bits per heavy atom. The van der Waals surface area contributed by atoms with Gasteiger partial charge in [0.1, 0.15) is 6.04 Å². The van der Waals surface area contributed by atoms with E-state index in [1.807, 2.05) is 0 Å². The van der Waals surface area contributed by atoms with Crippen LogP contribution < -0.4 is 5.32 Å². The van der Waals surface area contributed by atoms with E-state index in [-0.39, 0.29) is 23.8 Å². The van der Waals surface area contributed by atoms with Crippen LogP contribution in [0.1, 0.15) is 55.3 Å². The number of benzene rings is 1. The van der Waals surface area contributed by atoms with Crippen molar-refractivity contribution in [2.24, 2.45) is 0 Å². The van der Waals surface area contributed by atoms with Crippen LogP contribution in [-0.2, 0) is 14.3 Å². The van der Waals surface area contributed by atoms with Crippen LogP contribution in [0.3, 0.4) is 0 Å². The van der Waals surface area contributed by atoms with E-state index in [4.69, 9.17) is 4.74 Å². The fourth-order valence-corrected chi connectivity index (χ4v) is 3.85. The summed E-state index contributed by atoms with van der Waals surface area (Å²) in [5.41, 5.74) is 0.548. The van der Waals surface area contributed by atoms with Crippen LogP contribution >= 0.6 is 0 Å². The lowest BCUT2D eigenvalue weighted by atomic mass is 9.77. The summed E-state index contributed by atoms with van der Waals surface area (Å²) in [7, 11) is 1.63. The molecule has 7 heteroatoms. The molecular formula is C20H26N2O5. The molecule has 1 aromatic carbocycles. The number of aliphatic carboxylic acids is 1. The van der Waals surface area contributed by atoms with Gasteiger partial charge in [-0.05, 0) is 56.7 Å². The Hall–Kier alpha value is -2.41. The quantitative estimate of drug-likeness (QED) is 0.798. The zero-order chi connectivity index (χ0) is 19.4. The van der Waals surface area contributed by atoms with Crippen molar-refractivity contribution in [2.75, 3.05) is 19.0 Å². The first-order chi connectivity index (χ1) is 12.9. The number of amides is 2. The summed E-state index contributed by atoms with van der Waals surface area (Å²) in [6.07, 6.45) is 5.17. The van der Waals surface area contributed by atoms with Crippen molar-refractivity contribution < 1.29 is 24.2 Å². The van der Waals surface area contributed by atoms with E-state index in [1.54, 1.807) is 31.4 Å². The van der Waals surface area contributed by atoms with Gasteiger partial charge in [0.25, 0.3) is 5.91 Å². The van der Waals surface area contributed by atoms with Crippen LogP contribution in [0, 0.1) is 0 Å². The molecular weight excluding hydrogens is 348 g/mol. The lowest BCUT2D eigenvalue weighted by Crippen LogP contribution is -2.48. The van der Waals surface area contributed by atoms with Gasteiger partial charge in [-0.15, -0.1) is 0 Å². The molecule has 1 aliphatic heterocycles. The van der Waals surface area contributed by atoms with Gasteiger partial charge in [0.05, 0.1) is 12.0 Å². The second-order valence-electron chi connectivity index (χ2n) is 7.39. The van der Waals surface area contributed by atoms with Crippen LogP contribution in [0.15, 0.2) is 24.3 Å². The highest BCUT2D eigenvalue weighted by molar-refractivity contribution is 5.99. The maximum Gasteiger partial charge on any atom is 0.326 e. The minimum absolute atomic E-state index is 0.150. The maximum absolute atomic E-state index is 12.8. The minimum Gasteiger partial charge on any atom is -0.480 e. The normalized spacial score (nSPS) is 21.2. The SMILES string of the molecule is COC1(CC(=O)Nc2cccc(C(=O)N3CCCCC3C(=O)O)c2)CCC1. The first kappa shape index (κ1) is 19.4. The highest BCUT2D eigenvalue weighted by Gasteiger charge is 2.39. The van der Waals surface area contributed by atoms with E-state index in [0.717, 1.165) is 32.1 Å². The third kappa shape index (κ3) is 4.30. The van der Waals surface area contributed by atoms with Gasteiger partial charge in [-0.3, -0.25) is 9.59 Å². The molecule has 0 aromatic heterocycles. The van der Waals surface area contributed by atoms with E-state index in [1.165, 1.54) is 4.90 Å². The highest BCUT2D eigenvalue weighted by Crippen LogP contribution is 2.38. The summed E-state index contributed by atoms with van der Waals surface area (Å²) in [5, 5.41) is 12.2. The van der Waals surface area contributed by atoms with Gasteiger partial charge in [-0.25, -0.2) is 4.79 Å². The number of carbonyl (C=O) groups is 3. The van der Waals surface area contributed by atoms with E-state index in [2.05, 4.69) is 5.32 Å². The molecule has 2 N–H and O–H groups in total. The number of rotatable bonds is 6. The van der Waals surface area contributed by atoms with Crippen molar-refractivity contribution in [3.8, 4) is 0 Å². The molecule has 0 radical (unpaired) electrons. The average molecular weight is 374 g/mol. The molecule has 146 valence electrons. The van der Waals surface area contributed by atoms with Crippen molar-refractivity contribution in [2.45, 2.75) is 56.6 Å². The summed E-state index contributed by atoms with van der Waals surface area (Å²) in [4.78, 5) is 38.0. The lowest BCUT2D eigenvalue weighted by Gasteiger charge is -2.39. The van der Waals surface area contributed by atoms with Crippen LogP contribution in [-0.4, -0.2) is 53.1 Å². The average Bonchev–Trinajstić information content (AvgIpc) is 2.64. The van der Waals surface area contributed by atoms with E-state index < -0.39 is 12.0 Å². The Kier molecular flexibility index (Phi) is 5.79. The summed E-state index contributed by atoms with van der Waals surface area (Å²) in [5.74, 6) is -1.44. The van der Waals surface area contributed by atoms with Crippen molar-refractivity contribution in [3.63, 3.8) is 0 Å². The van der Waals surface area contributed by atoms with Crippen LogP contribution in [0.4, 0.5) is 5.69 Å². The molecule has 1 unspecified atom stereocenters. The number of carboxylic acids is 1. The summed E-state index contributed by atoms with van der Waals surface area (Å²) in [6, 6.07) is 5.88. The largest absolute Gasteiger partial charge is 0.480 e. The molecule has 0 bridgehead atoms. The molecule has 1 atom stereocenters. The second kappa shape index (κ2) is 8.08. The van der Waals surface area contributed by atoms with Gasteiger partial charge >= 0.3 is 5.97 Å². The first-order valence-corrected chi connectivity index (χ1v) is 9.43. The molecule has 1 aliphatic carbocycles. The van der Waals surface area contributed by atoms with Gasteiger partial charge in [-0.1, -0.05) is 6.07 Å². The first-order valence-electron chi connectivity index (χ1n) is 9.43. The number of nitrogens with one attached hydrogen (secondary N) is 1. The molecule has 1 heterocycles. The standard InChI is InChI=1S/C20H26N2O5/c1-27-20(9-5-10-20)13-17(23)21-15-7-4-6-14(12-15)18(24)22-11-3-2-8-16(22)19(25)26/h4,6-7,12,16H,2-3,5,8-11,13H2,1H3,(H,21,23)(H,25,26).